The van der Waals surface area contributed by atoms with Crippen LogP contribution in [-0.2, 0) is 17.5 Å². The minimum atomic E-state index is -4.43. The number of alkyl halides is 3. The number of anilines is 1. The van der Waals surface area contributed by atoms with E-state index < -0.39 is 17.6 Å². The molecule has 0 spiro atoms. The molecule has 5 nitrogen and oxygen atoms in total. The van der Waals surface area contributed by atoms with Crippen molar-refractivity contribution in [3.8, 4) is 0 Å². The average Bonchev–Trinajstić information content (AvgIpc) is 3.44. The highest BCUT2D eigenvalue weighted by atomic mass is 19.4. The molecule has 3 rings (SSSR count). The molecule has 1 saturated carbocycles. The standard InChI is InChI=1S/C19H18F3N3O2/c1-11-7-14(9-16(24-11)25-18(27)13-5-6-13)17(26)23-10-12-3-2-4-15(8-12)19(20,21)22/h2-4,7-9,13H,5-6,10H2,1H3,(H,23,26)(H,24,25,27). The summed E-state index contributed by atoms with van der Waals surface area (Å²) in [5.74, 6) is -0.287. The quantitative estimate of drug-likeness (QED) is 0.835. The summed E-state index contributed by atoms with van der Waals surface area (Å²) in [5, 5.41) is 5.27. The maximum absolute atomic E-state index is 12.8. The first-order valence-electron chi connectivity index (χ1n) is 8.46. The molecule has 2 aromatic rings. The molecule has 142 valence electrons. The fourth-order valence-electron chi connectivity index (χ4n) is 2.58. The summed E-state index contributed by atoms with van der Waals surface area (Å²) in [6.07, 6.45) is -2.74. The predicted molar refractivity (Wildman–Crippen MR) is 92.9 cm³/mol. The molecule has 0 atom stereocenters. The molecule has 2 N–H and O–H groups in total. The zero-order chi connectivity index (χ0) is 19.6. The molecule has 1 fully saturated rings. The van der Waals surface area contributed by atoms with Crippen molar-refractivity contribution >= 4 is 17.6 Å². The molecule has 0 unspecified atom stereocenters. The van der Waals surface area contributed by atoms with Gasteiger partial charge in [-0.25, -0.2) is 4.98 Å². The Balaban J connectivity index is 1.67. The third-order valence-corrected chi connectivity index (χ3v) is 4.12. The second-order valence-electron chi connectivity index (χ2n) is 6.53. The Labute approximate surface area is 154 Å². The molecule has 27 heavy (non-hydrogen) atoms. The Morgan fingerprint density at radius 2 is 1.93 bits per heavy atom. The lowest BCUT2D eigenvalue weighted by atomic mass is 10.1. The van der Waals surface area contributed by atoms with E-state index in [1.54, 1.807) is 13.0 Å². The van der Waals surface area contributed by atoms with Gasteiger partial charge in [0.25, 0.3) is 5.91 Å². The number of carbonyl (C=O) groups is 2. The zero-order valence-electron chi connectivity index (χ0n) is 14.6. The van der Waals surface area contributed by atoms with E-state index in [4.69, 9.17) is 0 Å². The monoisotopic (exact) mass is 377 g/mol. The van der Waals surface area contributed by atoms with Crippen molar-refractivity contribution in [1.29, 1.82) is 0 Å². The van der Waals surface area contributed by atoms with Crippen LogP contribution in [0.5, 0.6) is 0 Å². The molecule has 0 aliphatic heterocycles. The van der Waals surface area contributed by atoms with Crippen LogP contribution in [0.25, 0.3) is 0 Å². The van der Waals surface area contributed by atoms with Crippen LogP contribution < -0.4 is 10.6 Å². The van der Waals surface area contributed by atoms with Crippen molar-refractivity contribution in [2.75, 3.05) is 5.32 Å². The van der Waals surface area contributed by atoms with Crippen molar-refractivity contribution in [3.63, 3.8) is 0 Å². The Morgan fingerprint density at radius 1 is 1.19 bits per heavy atom. The number of nitrogens with one attached hydrogen (secondary N) is 2. The Bertz CT molecular complexity index is 877. The number of halogens is 3. The number of aryl methyl sites for hydroxylation is 1. The molecule has 8 heteroatoms. The summed E-state index contributed by atoms with van der Waals surface area (Å²) in [6, 6.07) is 7.79. The van der Waals surface area contributed by atoms with Crippen molar-refractivity contribution < 1.29 is 22.8 Å². The second kappa shape index (κ2) is 7.38. The van der Waals surface area contributed by atoms with Gasteiger partial charge in [0.2, 0.25) is 5.91 Å². The summed E-state index contributed by atoms with van der Waals surface area (Å²) in [4.78, 5) is 28.4. The molecule has 2 amide bonds. The number of benzene rings is 1. The molecule has 0 bridgehead atoms. The highest BCUT2D eigenvalue weighted by Crippen LogP contribution is 2.30. The fraction of sp³-hybridized carbons (Fsp3) is 0.316. The molecule has 0 saturated heterocycles. The molecule has 1 heterocycles. The molecule has 1 aliphatic rings. The topological polar surface area (TPSA) is 71.1 Å². The number of carbonyl (C=O) groups excluding carboxylic acids is 2. The van der Waals surface area contributed by atoms with E-state index in [0.29, 0.717) is 11.3 Å². The highest BCUT2D eigenvalue weighted by Gasteiger charge is 2.31. The third-order valence-electron chi connectivity index (χ3n) is 4.12. The van der Waals surface area contributed by atoms with Gasteiger partial charge in [-0.2, -0.15) is 13.2 Å². The van der Waals surface area contributed by atoms with Gasteiger partial charge in [-0.3, -0.25) is 9.59 Å². The number of hydrogen-bond donors (Lipinski definition) is 2. The molecule has 0 radical (unpaired) electrons. The third kappa shape index (κ3) is 5.06. The number of hydrogen-bond acceptors (Lipinski definition) is 3. The van der Waals surface area contributed by atoms with Gasteiger partial charge in [0.15, 0.2) is 0 Å². The van der Waals surface area contributed by atoms with E-state index in [1.165, 1.54) is 18.2 Å². The number of pyridine rings is 1. The summed E-state index contributed by atoms with van der Waals surface area (Å²) in [5.41, 5.74) is 0.402. The molecule has 1 aromatic heterocycles. The molecular formula is C19H18F3N3O2. The van der Waals surface area contributed by atoms with E-state index in [-0.39, 0.29) is 29.8 Å². The van der Waals surface area contributed by atoms with Gasteiger partial charge in [0.05, 0.1) is 5.56 Å². The SMILES string of the molecule is Cc1cc(C(=O)NCc2cccc(C(F)(F)F)c2)cc(NC(=O)C2CC2)n1. The van der Waals surface area contributed by atoms with Gasteiger partial charge in [0, 0.05) is 23.7 Å². The van der Waals surface area contributed by atoms with Crippen molar-refractivity contribution in [3.05, 3.63) is 58.8 Å². The van der Waals surface area contributed by atoms with Crippen LogP contribution in [0.15, 0.2) is 36.4 Å². The van der Waals surface area contributed by atoms with E-state index >= 15 is 0 Å². The minimum Gasteiger partial charge on any atom is -0.348 e. The van der Waals surface area contributed by atoms with E-state index in [9.17, 15) is 22.8 Å². The highest BCUT2D eigenvalue weighted by molar-refractivity contribution is 5.97. The number of rotatable bonds is 5. The lowest BCUT2D eigenvalue weighted by molar-refractivity contribution is -0.137. The van der Waals surface area contributed by atoms with Gasteiger partial charge < -0.3 is 10.6 Å². The van der Waals surface area contributed by atoms with Crippen molar-refractivity contribution in [2.24, 2.45) is 5.92 Å². The van der Waals surface area contributed by atoms with Crippen LogP contribution in [0.1, 0.15) is 40.0 Å². The first-order chi connectivity index (χ1) is 12.7. The van der Waals surface area contributed by atoms with Gasteiger partial charge in [-0.1, -0.05) is 12.1 Å². The normalized spacial score (nSPS) is 13.9. The van der Waals surface area contributed by atoms with Gasteiger partial charge in [-0.15, -0.1) is 0 Å². The van der Waals surface area contributed by atoms with Crippen LogP contribution in [-0.4, -0.2) is 16.8 Å². The summed E-state index contributed by atoms with van der Waals surface area (Å²) < 4.78 is 38.3. The summed E-state index contributed by atoms with van der Waals surface area (Å²) in [6.45, 7) is 1.64. The Morgan fingerprint density at radius 3 is 2.59 bits per heavy atom. The van der Waals surface area contributed by atoms with Crippen molar-refractivity contribution in [1.82, 2.24) is 10.3 Å². The number of amides is 2. The van der Waals surface area contributed by atoms with Crippen molar-refractivity contribution in [2.45, 2.75) is 32.5 Å². The second-order valence-corrected chi connectivity index (χ2v) is 6.53. The van der Waals surface area contributed by atoms with Gasteiger partial charge >= 0.3 is 6.18 Å². The first-order valence-corrected chi connectivity index (χ1v) is 8.46. The van der Waals surface area contributed by atoms with Crippen LogP contribution >= 0.6 is 0 Å². The molecule has 1 aliphatic carbocycles. The predicted octanol–water partition coefficient (Wildman–Crippen LogP) is 3.69. The smallest absolute Gasteiger partial charge is 0.348 e. The first kappa shape index (κ1) is 18.9. The number of aromatic nitrogens is 1. The number of nitrogens with zero attached hydrogens (tertiary/aromatic N) is 1. The van der Waals surface area contributed by atoms with E-state index in [1.807, 2.05) is 0 Å². The zero-order valence-corrected chi connectivity index (χ0v) is 14.6. The maximum atomic E-state index is 12.8. The lowest BCUT2D eigenvalue weighted by Gasteiger charge is -2.11. The maximum Gasteiger partial charge on any atom is 0.416 e. The van der Waals surface area contributed by atoms with Crippen LogP contribution in [0, 0.1) is 12.8 Å². The van der Waals surface area contributed by atoms with Crippen LogP contribution in [0.4, 0.5) is 19.0 Å². The van der Waals surface area contributed by atoms with E-state index in [0.717, 1.165) is 25.0 Å². The minimum absolute atomic E-state index is 0.00509. The summed E-state index contributed by atoms with van der Waals surface area (Å²) in [7, 11) is 0. The Hall–Kier alpha value is -2.90. The van der Waals surface area contributed by atoms with E-state index in [2.05, 4.69) is 15.6 Å². The largest absolute Gasteiger partial charge is 0.416 e. The van der Waals surface area contributed by atoms with Crippen LogP contribution in [0.3, 0.4) is 0 Å². The average molecular weight is 377 g/mol. The Kier molecular flexibility index (Phi) is 5.16. The molecule has 1 aromatic carbocycles. The summed E-state index contributed by atoms with van der Waals surface area (Å²) >= 11 is 0. The van der Waals surface area contributed by atoms with Gasteiger partial charge in [0.1, 0.15) is 5.82 Å². The fourth-order valence-corrected chi connectivity index (χ4v) is 2.58. The van der Waals surface area contributed by atoms with Crippen LogP contribution in [0.2, 0.25) is 0 Å². The van der Waals surface area contributed by atoms with Gasteiger partial charge in [-0.05, 0) is 49.6 Å². The lowest BCUT2D eigenvalue weighted by Crippen LogP contribution is -2.24. The molecular weight excluding hydrogens is 359 g/mol.